The fourth-order valence-electron chi connectivity index (χ4n) is 2.60. The predicted molar refractivity (Wildman–Crippen MR) is 81.1 cm³/mol. The van der Waals surface area contributed by atoms with Crippen LogP contribution < -0.4 is 5.32 Å². The number of phenols is 1. The molecule has 0 aliphatic heterocycles. The summed E-state index contributed by atoms with van der Waals surface area (Å²) < 4.78 is 0.727. The molecule has 1 aliphatic carbocycles. The fourth-order valence-corrected chi connectivity index (χ4v) is 2.94. The minimum Gasteiger partial charge on any atom is -0.507 e. The van der Waals surface area contributed by atoms with E-state index in [1.807, 2.05) is 22.6 Å². The quantitative estimate of drug-likeness (QED) is 0.707. The van der Waals surface area contributed by atoms with Gasteiger partial charge in [0.15, 0.2) is 0 Å². The van der Waals surface area contributed by atoms with E-state index in [0.29, 0.717) is 23.9 Å². The Hall–Kier alpha value is -0.820. The number of amides is 1. The Morgan fingerprint density at radius 2 is 2.11 bits per heavy atom. The molecule has 0 aromatic heterocycles. The molecule has 2 rings (SSSR count). The third-order valence-electron chi connectivity index (χ3n) is 3.78. The molecule has 0 spiro atoms. The number of aliphatic hydroxyl groups is 1. The molecular formula is C14H18INO3. The van der Waals surface area contributed by atoms with Crippen molar-refractivity contribution in [1.29, 1.82) is 0 Å². The van der Waals surface area contributed by atoms with Crippen LogP contribution >= 0.6 is 22.6 Å². The Morgan fingerprint density at radius 1 is 1.37 bits per heavy atom. The van der Waals surface area contributed by atoms with E-state index in [9.17, 15) is 15.0 Å². The second kappa shape index (κ2) is 6.56. The second-order valence-electron chi connectivity index (χ2n) is 5.01. The van der Waals surface area contributed by atoms with E-state index in [-0.39, 0.29) is 18.3 Å². The number of hydrogen-bond acceptors (Lipinski definition) is 3. The monoisotopic (exact) mass is 375 g/mol. The van der Waals surface area contributed by atoms with Gasteiger partial charge in [-0.3, -0.25) is 4.79 Å². The number of nitrogens with one attached hydrogen (secondary N) is 1. The molecule has 0 saturated heterocycles. The maximum atomic E-state index is 12.0. The van der Waals surface area contributed by atoms with Gasteiger partial charge in [-0.25, -0.2) is 0 Å². The van der Waals surface area contributed by atoms with Crippen molar-refractivity contribution in [2.75, 3.05) is 13.2 Å². The number of rotatable bonds is 4. The number of phenolic OH excluding ortho intramolecular Hbond substituents is 1. The van der Waals surface area contributed by atoms with Crippen molar-refractivity contribution >= 4 is 28.5 Å². The number of aliphatic hydroxyl groups excluding tert-OH is 1. The van der Waals surface area contributed by atoms with Gasteiger partial charge in [-0.15, -0.1) is 0 Å². The molecule has 1 fully saturated rings. The van der Waals surface area contributed by atoms with Crippen LogP contribution in [0.4, 0.5) is 0 Å². The Bertz CT molecular complexity index is 464. The molecule has 1 aliphatic rings. The molecule has 0 bridgehead atoms. The molecule has 3 N–H and O–H groups in total. The molecule has 2 unspecified atom stereocenters. The van der Waals surface area contributed by atoms with Gasteiger partial charge < -0.3 is 15.5 Å². The molecule has 4 nitrogen and oxygen atoms in total. The van der Waals surface area contributed by atoms with Crippen molar-refractivity contribution in [1.82, 2.24) is 5.32 Å². The first-order chi connectivity index (χ1) is 9.11. The summed E-state index contributed by atoms with van der Waals surface area (Å²) >= 11 is 2.01. The number of aromatic hydroxyl groups is 1. The first-order valence-corrected chi connectivity index (χ1v) is 7.57. The summed E-state index contributed by atoms with van der Waals surface area (Å²) in [6, 6.07) is 4.90. The Morgan fingerprint density at radius 3 is 2.79 bits per heavy atom. The molecule has 1 amide bonds. The number of carbonyl (C=O) groups excluding carboxylic acids is 1. The summed E-state index contributed by atoms with van der Waals surface area (Å²) in [6.07, 6.45) is 3.22. The molecule has 19 heavy (non-hydrogen) atoms. The lowest BCUT2D eigenvalue weighted by molar-refractivity contribution is 0.0937. The van der Waals surface area contributed by atoms with Gasteiger partial charge in [-0.05, 0) is 65.5 Å². The van der Waals surface area contributed by atoms with E-state index in [4.69, 9.17) is 0 Å². The van der Waals surface area contributed by atoms with Gasteiger partial charge in [0, 0.05) is 18.7 Å². The van der Waals surface area contributed by atoms with Gasteiger partial charge in [-0.1, -0.05) is 6.42 Å². The Kier molecular flexibility index (Phi) is 5.04. The highest BCUT2D eigenvalue weighted by Crippen LogP contribution is 2.30. The van der Waals surface area contributed by atoms with Gasteiger partial charge in [-0.2, -0.15) is 0 Å². The number of halogens is 1. The highest BCUT2D eigenvalue weighted by atomic mass is 127. The molecule has 0 heterocycles. The molecule has 1 saturated carbocycles. The molecule has 0 radical (unpaired) electrons. The third kappa shape index (κ3) is 3.60. The van der Waals surface area contributed by atoms with E-state index in [1.165, 1.54) is 6.07 Å². The van der Waals surface area contributed by atoms with E-state index in [2.05, 4.69) is 5.32 Å². The van der Waals surface area contributed by atoms with Crippen molar-refractivity contribution in [3.8, 4) is 5.75 Å². The van der Waals surface area contributed by atoms with Crippen LogP contribution in [-0.2, 0) is 0 Å². The van der Waals surface area contributed by atoms with Crippen molar-refractivity contribution in [3.63, 3.8) is 0 Å². The standard InChI is InChI=1S/C14H18INO3/c15-12-5-4-9(6-13(12)18)14(19)16-7-10-2-1-3-11(10)8-17/h4-6,10-11,17-18H,1-3,7-8H2,(H,16,19). The van der Waals surface area contributed by atoms with Crippen LogP contribution in [0.3, 0.4) is 0 Å². The zero-order chi connectivity index (χ0) is 13.8. The Labute approximate surface area is 126 Å². The largest absolute Gasteiger partial charge is 0.507 e. The average Bonchev–Trinajstić information content (AvgIpc) is 2.86. The van der Waals surface area contributed by atoms with E-state index < -0.39 is 0 Å². The highest BCUT2D eigenvalue weighted by Gasteiger charge is 2.26. The summed E-state index contributed by atoms with van der Waals surface area (Å²) in [6.45, 7) is 0.793. The lowest BCUT2D eigenvalue weighted by Crippen LogP contribution is -2.31. The van der Waals surface area contributed by atoms with E-state index in [1.54, 1.807) is 12.1 Å². The molecule has 2 atom stereocenters. The van der Waals surface area contributed by atoms with Crippen LogP contribution in [-0.4, -0.2) is 29.3 Å². The maximum Gasteiger partial charge on any atom is 0.251 e. The molecule has 1 aromatic carbocycles. The van der Waals surface area contributed by atoms with Crippen LogP contribution in [0.2, 0.25) is 0 Å². The molecule has 1 aromatic rings. The van der Waals surface area contributed by atoms with Crippen molar-refractivity contribution in [3.05, 3.63) is 27.3 Å². The van der Waals surface area contributed by atoms with Crippen LogP contribution in [0, 0.1) is 15.4 Å². The fraction of sp³-hybridized carbons (Fsp3) is 0.500. The minimum absolute atomic E-state index is 0.127. The smallest absolute Gasteiger partial charge is 0.251 e. The van der Waals surface area contributed by atoms with Gasteiger partial charge >= 0.3 is 0 Å². The minimum atomic E-state index is -0.171. The summed E-state index contributed by atoms with van der Waals surface area (Å²) in [5, 5.41) is 21.7. The molecular weight excluding hydrogens is 357 g/mol. The van der Waals surface area contributed by atoms with E-state index >= 15 is 0 Å². The summed E-state index contributed by atoms with van der Waals surface area (Å²) in [5.41, 5.74) is 0.469. The summed E-state index contributed by atoms with van der Waals surface area (Å²) in [4.78, 5) is 12.0. The lowest BCUT2D eigenvalue weighted by Gasteiger charge is -2.17. The van der Waals surface area contributed by atoms with Crippen molar-refractivity contribution in [2.24, 2.45) is 11.8 Å². The molecule has 5 heteroatoms. The zero-order valence-corrected chi connectivity index (χ0v) is 12.8. The first kappa shape index (κ1) is 14.6. The number of carbonyl (C=O) groups is 1. The van der Waals surface area contributed by atoms with Gasteiger partial charge in [0.05, 0.1) is 3.57 Å². The topological polar surface area (TPSA) is 69.6 Å². The van der Waals surface area contributed by atoms with Crippen LogP contribution in [0.25, 0.3) is 0 Å². The third-order valence-corrected chi connectivity index (χ3v) is 4.70. The van der Waals surface area contributed by atoms with Crippen LogP contribution in [0.15, 0.2) is 18.2 Å². The first-order valence-electron chi connectivity index (χ1n) is 6.49. The number of benzene rings is 1. The Balaban J connectivity index is 1.92. The molecule has 104 valence electrons. The van der Waals surface area contributed by atoms with Gasteiger partial charge in [0.25, 0.3) is 5.91 Å². The van der Waals surface area contributed by atoms with E-state index in [0.717, 1.165) is 22.8 Å². The lowest BCUT2D eigenvalue weighted by atomic mass is 9.97. The van der Waals surface area contributed by atoms with Gasteiger partial charge in [0.2, 0.25) is 0 Å². The summed E-state index contributed by atoms with van der Waals surface area (Å²) in [7, 11) is 0. The highest BCUT2D eigenvalue weighted by molar-refractivity contribution is 14.1. The number of hydrogen-bond donors (Lipinski definition) is 3. The predicted octanol–water partition coefficient (Wildman–Crippen LogP) is 2.14. The average molecular weight is 375 g/mol. The second-order valence-corrected chi connectivity index (χ2v) is 6.17. The maximum absolute atomic E-state index is 12.0. The van der Waals surface area contributed by atoms with Crippen LogP contribution in [0.5, 0.6) is 5.75 Å². The SMILES string of the molecule is O=C(NCC1CCCC1CO)c1ccc(I)c(O)c1. The normalized spacial score (nSPS) is 22.4. The zero-order valence-electron chi connectivity index (χ0n) is 10.6. The van der Waals surface area contributed by atoms with Crippen molar-refractivity contribution in [2.45, 2.75) is 19.3 Å². The summed E-state index contributed by atoms with van der Waals surface area (Å²) in [5.74, 6) is 0.634. The van der Waals surface area contributed by atoms with Crippen LogP contribution in [0.1, 0.15) is 29.6 Å². The van der Waals surface area contributed by atoms with Gasteiger partial charge in [0.1, 0.15) is 5.75 Å². The van der Waals surface area contributed by atoms with Crippen molar-refractivity contribution < 1.29 is 15.0 Å².